The van der Waals surface area contributed by atoms with E-state index in [0.717, 1.165) is 0 Å². The summed E-state index contributed by atoms with van der Waals surface area (Å²) in [5.74, 6) is 0.192. The third kappa shape index (κ3) is 1.75. The van der Waals surface area contributed by atoms with Crippen LogP contribution >= 0.6 is 0 Å². The van der Waals surface area contributed by atoms with Gasteiger partial charge in [-0.1, -0.05) is 0 Å². The Morgan fingerprint density at radius 1 is 1.70 bits per heavy atom. The Kier molecular flexibility index (Phi) is 1.93. The second-order valence-electron chi connectivity index (χ2n) is 1.77. The van der Waals surface area contributed by atoms with Gasteiger partial charge in [0, 0.05) is 19.3 Å². The highest BCUT2D eigenvalue weighted by molar-refractivity contribution is 6.33. The first kappa shape index (κ1) is 7.11. The van der Waals surface area contributed by atoms with Crippen molar-refractivity contribution in [1.82, 2.24) is 9.78 Å². The predicted octanol–water partition coefficient (Wildman–Crippen LogP) is -1.23. The molecular formula is C4H7BN2O3. The molecule has 1 heterocycles. The lowest BCUT2D eigenvalue weighted by molar-refractivity contribution is 0.282. The first-order chi connectivity index (χ1) is 4.68. The van der Waals surface area contributed by atoms with E-state index in [9.17, 15) is 0 Å². The Hall–Kier alpha value is -1.01. The minimum absolute atomic E-state index is 0.192. The molecule has 6 heteroatoms. The zero-order valence-electron chi connectivity index (χ0n) is 5.43. The highest BCUT2D eigenvalue weighted by Crippen LogP contribution is 2.03. The smallest absolute Gasteiger partial charge is 0.497 e. The van der Waals surface area contributed by atoms with Crippen LogP contribution in [-0.4, -0.2) is 27.1 Å². The largest absolute Gasteiger partial charge is 0.708 e. The Bertz CT molecular complexity index is 212. The molecule has 2 N–H and O–H groups in total. The van der Waals surface area contributed by atoms with Gasteiger partial charge in [0.25, 0.3) is 0 Å². The highest BCUT2D eigenvalue weighted by atomic mass is 16.6. The lowest BCUT2D eigenvalue weighted by Gasteiger charge is -1.96. The number of aryl methyl sites for hydroxylation is 1. The Labute approximate surface area is 58.0 Å². The molecule has 1 aromatic heterocycles. The van der Waals surface area contributed by atoms with Gasteiger partial charge >= 0.3 is 7.32 Å². The monoisotopic (exact) mass is 142 g/mol. The summed E-state index contributed by atoms with van der Waals surface area (Å²) in [5.41, 5.74) is 0. The molecule has 0 saturated carbocycles. The maximum atomic E-state index is 8.30. The number of hydrogen-bond acceptors (Lipinski definition) is 4. The molecule has 5 nitrogen and oxygen atoms in total. The average Bonchev–Trinajstić information content (AvgIpc) is 2.13. The molecule has 0 aliphatic rings. The van der Waals surface area contributed by atoms with Crippen LogP contribution < -0.4 is 4.65 Å². The fraction of sp³-hybridized carbons (Fsp3) is 0.250. The van der Waals surface area contributed by atoms with Crippen molar-refractivity contribution in [3.8, 4) is 5.88 Å². The average molecular weight is 142 g/mol. The highest BCUT2D eigenvalue weighted by Gasteiger charge is 2.11. The molecule has 0 aromatic carbocycles. The van der Waals surface area contributed by atoms with Crippen molar-refractivity contribution in [1.29, 1.82) is 0 Å². The number of aromatic nitrogens is 2. The van der Waals surface area contributed by atoms with Gasteiger partial charge < -0.3 is 14.7 Å². The molecule has 0 aliphatic heterocycles. The van der Waals surface area contributed by atoms with Crippen LogP contribution in [0.5, 0.6) is 5.88 Å². The summed E-state index contributed by atoms with van der Waals surface area (Å²) >= 11 is 0. The Balaban J connectivity index is 2.58. The lowest BCUT2D eigenvalue weighted by atomic mass is 10.3. The van der Waals surface area contributed by atoms with E-state index < -0.39 is 7.32 Å². The Morgan fingerprint density at radius 3 is 2.80 bits per heavy atom. The molecule has 0 saturated heterocycles. The fourth-order valence-corrected chi connectivity index (χ4v) is 0.565. The molecule has 0 aliphatic carbocycles. The van der Waals surface area contributed by atoms with Gasteiger partial charge in [-0.15, -0.1) is 5.10 Å². The normalized spacial score (nSPS) is 9.50. The summed E-state index contributed by atoms with van der Waals surface area (Å²) < 4.78 is 5.91. The van der Waals surface area contributed by atoms with Gasteiger partial charge in [-0.3, -0.25) is 4.68 Å². The van der Waals surface area contributed by atoms with Crippen molar-refractivity contribution in [2.45, 2.75) is 0 Å². The van der Waals surface area contributed by atoms with Gasteiger partial charge in [-0.2, -0.15) is 0 Å². The third-order valence-corrected chi connectivity index (χ3v) is 0.915. The van der Waals surface area contributed by atoms with Crippen molar-refractivity contribution >= 4 is 7.32 Å². The van der Waals surface area contributed by atoms with Gasteiger partial charge in [0.05, 0.1) is 0 Å². The second-order valence-corrected chi connectivity index (χ2v) is 1.77. The van der Waals surface area contributed by atoms with E-state index in [1.54, 1.807) is 13.2 Å². The van der Waals surface area contributed by atoms with Crippen LogP contribution in [-0.2, 0) is 7.05 Å². The van der Waals surface area contributed by atoms with Gasteiger partial charge in [-0.05, 0) is 0 Å². The van der Waals surface area contributed by atoms with Gasteiger partial charge in [-0.25, -0.2) is 0 Å². The molecule has 0 atom stereocenters. The van der Waals surface area contributed by atoms with Gasteiger partial charge in [0.15, 0.2) is 0 Å². The summed E-state index contributed by atoms with van der Waals surface area (Å²) in [7, 11) is -0.0914. The predicted molar refractivity (Wildman–Crippen MR) is 34.0 cm³/mol. The fourth-order valence-electron chi connectivity index (χ4n) is 0.565. The van der Waals surface area contributed by atoms with Gasteiger partial charge in [0.2, 0.25) is 5.88 Å². The topological polar surface area (TPSA) is 67.5 Å². The SMILES string of the molecule is Cn1ccc(OB(O)O)n1. The summed E-state index contributed by atoms with van der Waals surface area (Å²) in [6.07, 6.45) is 1.64. The van der Waals surface area contributed by atoms with Crippen molar-refractivity contribution in [2.24, 2.45) is 7.05 Å². The second kappa shape index (κ2) is 2.72. The van der Waals surface area contributed by atoms with Crippen molar-refractivity contribution in [3.63, 3.8) is 0 Å². The van der Waals surface area contributed by atoms with Crippen molar-refractivity contribution in [2.75, 3.05) is 0 Å². The first-order valence-corrected chi connectivity index (χ1v) is 2.71. The van der Waals surface area contributed by atoms with Crippen LogP contribution in [0.4, 0.5) is 0 Å². The summed E-state index contributed by atoms with van der Waals surface area (Å²) in [6, 6.07) is 1.53. The molecular weight excluding hydrogens is 135 g/mol. The molecule has 0 radical (unpaired) electrons. The molecule has 0 bridgehead atoms. The molecule has 10 heavy (non-hydrogen) atoms. The quantitative estimate of drug-likeness (QED) is 0.507. The molecule has 1 rings (SSSR count). The zero-order chi connectivity index (χ0) is 7.56. The number of rotatable bonds is 2. The van der Waals surface area contributed by atoms with Crippen LogP contribution in [0.2, 0.25) is 0 Å². The first-order valence-electron chi connectivity index (χ1n) is 2.71. The number of nitrogens with zero attached hydrogens (tertiary/aromatic N) is 2. The van der Waals surface area contributed by atoms with Crippen LogP contribution in [0, 0.1) is 0 Å². The van der Waals surface area contributed by atoms with Crippen LogP contribution in [0.25, 0.3) is 0 Å². The molecule has 54 valence electrons. The molecule has 1 aromatic rings. The zero-order valence-corrected chi connectivity index (χ0v) is 5.43. The van der Waals surface area contributed by atoms with E-state index in [1.165, 1.54) is 10.7 Å². The van der Waals surface area contributed by atoms with E-state index in [0.29, 0.717) is 0 Å². The van der Waals surface area contributed by atoms with E-state index in [1.807, 2.05) is 0 Å². The summed E-state index contributed by atoms with van der Waals surface area (Å²) in [5, 5.41) is 20.3. The minimum atomic E-state index is -1.80. The van der Waals surface area contributed by atoms with E-state index in [2.05, 4.69) is 9.75 Å². The summed E-state index contributed by atoms with van der Waals surface area (Å²) in [6.45, 7) is 0. The van der Waals surface area contributed by atoms with Gasteiger partial charge in [0.1, 0.15) is 0 Å². The van der Waals surface area contributed by atoms with E-state index in [4.69, 9.17) is 10.0 Å². The minimum Gasteiger partial charge on any atom is -0.497 e. The Morgan fingerprint density at radius 2 is 2.40 bits per heavy atom. The molecule has 0 fully saturated rings. The van der Waals surface area contributed by atoms with Crippen molar-refractivity contribution < 1.29 is 14.7 Å². The molecule has 0 amide bonds. The maximum absolute atomic E-state index is 8.30. The lowest BCUT2D eigenvalue weighted by Crippen LogP contribution is -2.20. The van der Waals surface area contributed by atoms with Crippen LogP contribution in [0.1, 0.15) is 0 Å². The number of hydrogen-bond donors (Lipinski definition) is 2. The van der Waals surface area contributed by atoms with E-state index in [-0.39, 0.29) is 5.88 Å². The maximum Gasteiger partial charge on any atom is 0.708 e. The van der Waals surface area contributed by atoms with Crippen molar-refractivity contribution in [3.05, 3.63) is 12.3 Å². The van der Waals surface area contributed by atoms with Crippen LogP contribution in [0.3, 0.4) is 0 Å². The van der Waals surface area contributed by atoms with E-state index >= 15 is 0 Å². The third-order valence-electron chi connectivity index (χ3n) is 0.915. The molecule has 0 unspecified atom stereocenters. The summed E-state index contributed by atoms with van der Waals surface area (Å²) in [4.78, 5) is 0. The van der Waals surface area contributed by atoms with Crippen LogP contribution in [0.15, 0.2) is 12.3 Å². The standard InChI is InChI=1S/C4H7BN2O3/c1-7-3-2-4(6-7)10-5(8)9/h2-3,8-9H,1H3. The molecule has 0 spiro atoms.